The summed E-state index contributed by atoms with van der Waals surface area (Å²) in [5.41, 5.74) is 5.31. The lowest BCUT2D eigenvalue weighted by molar-refractivity contribution is -0.113. The van der Waals surface area contributed by atoms with Gasteiger partial charge in [-0.05, 0) is 56.2 Å². The Morgan fingerprint density at radius 2 is 1.79 bits per heavy atom. The SMILES string of the molecule is CCc1ccc2nc(-c3cccc(C)c3)nc(SCC(=O)Nc3cccc(C(C)=O)c3)c2c1. The summed E-state index contributed by atoms with van der Waals surface area (Å²) in [6, 6.07) is 21.3. The van der Waals surface area contributed by atoms with Crippen LogP contribution < -0.4 is 5.32 Å². The van der Waals surface area contributed by atoms with Crippen LogP contribution in [0.1, 0.15) is 35.3 Å². The van der Waals surface area contributed by atoms with Gasteiger partial charge in [-0.25, -0.2) is 9.97 Å². The number of nitrogens with zero attached hydrogens (tertiary/aromatic N) is 2. The maximum absolute atomic E-state index is 12.7. The number of aromatic nitrogens is 2. The van der Waals surface area contributed by atoms with Crippen molar-refractivity contribution in [3.63, 3.8) is 0 Å². The quantitative estimate of drug-likeness (QED) is 0.207. The molecule has 33 heavy (non-hydrogen) atoms. The fourth-order valence-corrected chi connectivity index (χ4v) is 4.35. The van der Waals surface area contributed by atoms with E-state index < -0.39 is 0 Å². The molecular weight excluding hydrogens is 430 g/mol. The molecule has 0 aliphatic carbocycles. The molecular formula is C27H25N3O2S. The van der Waals surface area contributed by atoms with Crippen LogP contribution in [0.5, 0.6) is 0 Å². The van der Waals surface area contributed by atoms with Crippen LogP contribution in [0.4, 0.5) is 5.69 Å². The lowest BCUT2D eigenvalue weighted by Gasteiger charge is -2.11. The normalized spacial score (nSPS) is 10.9. The third kappa shape index (κ3) is 5.46. The Kier molecular flexibility index (Phi) is 6.84. The van der Waals surface area contributed by atoms with Gasteiger partial charge in [-0.2, -0.15) is 0 Å². The highest BCUT2D eigenvalue weighted by Crippen LogP contribution is 2.30. The van der Waals surface area contributed by atoms with Gasteiger partial charge in [-0.1, -0.05) is 60.6 Å². The molecule has 3 aromatic carbocycles. The van der Waals surface area contributed by atoms with Crippen LogP contribution in [0.2, 0.25) is 0 Å². The van der Waals surface area contributed by atoms with Gasteiger partial charge in [0.1, 0.15) is 5.03 Å². The molecule has 0 unspecified atom stereocenters. The number of thioether (sulfide) groups is 1. The minimum atomic E-state index is -0.156. The molecule has 0 atom stereocenters. The van der Waals surface area contributed by atoms with Gasteiger partial charge < -0.3 is 5.32 Å². The maximum Gasteiger partial charge on any atom is 0.234 e. The standard InChI is InChI=1S/C27H25N3O2S/c1-4-19-11-12-24-23(14-19)27(30-26(29-24)21-9-5-7-17(2)13-21)33-16-25(32)28-22-10-6-8-20(15-22)18(3)31/h5-15H,4,16H2,1-3H3,(H,28,32). The number of rotatable bonds is 7. The lowest BCUT2D eigenvalue weighted by Crippen LogP contribution is -2.14. The monoisotopic (exact) mass is 455 g/mol. The second kappa shape index (κ2) is 9.96. The highest BCUT2D eigenvalue weighted by Gasteiger charge is 2.13. The molecule has 1 amide bonds. The topological polar surface area (TPSA) is 72.0 Å². The zero-order valence-corrected chi connectivity index (χ0v) is 19.7. The predicted octanol–water partition coefficient (Wildman–Crippen LogP) is 6.10. The third-order valence-corrected chi connectivity index (χ3v) is 6.29. The highest BCUT2D eigenvalue weighted by atomic mass is 32.2. The van der Waals surface area contributed by atoms with Crippen molar-refractivity contribution in [3.05, 3.63) is 83.4 Å². The van der Waals surface area contributed by atoms with Crippen molar-refractivity contribution in [2.24, 2.45) is 0 Å². The summed E-state index contributed by atoms with van der Waals surface area (Å²) < 4.78 is 0. The molecule has 4 aromatic rings. The van der Waals surface area contributed by atoms with E-state index in [9.17, 15) is 9.59 Å². The van der Waals surface area contributed by atoms with Gasteiger partial charge in [0.25, 0.3) is 0 Å². The Hall–Kier alpha value is -3.51. The van der Waals surface area contributed by atoms with E-state index in [4.69, 9.17) is 9.97 Å². The molecule has 0 saturated carbocycles. The van der Waals surface area contributed by atoms with Crippen LogP contribution in [0.15, 0.2) is 71.8 Å². The number of ketones is 1. The van der Waals surface area contributed by atoms with Crippen LogP contribution in [-0.2, 0) is 11.2 Å². The first-order chi connectivity index (χ1) is 15.9. The number of nitrogens with one attached hydrogen (secondary N) is 1. The van der Waals surface area contributed by atoms with Crippen molar-refractivity contribution in [2.45, 2.75) is 32.2 Å². The Bertz CT molecular complexity index is 1350. The van der Waals surface area contributed by atoms with Crippen LogP contribution in [0.3, 0.4) is 0 Å². The minimum Gasteiger partial charge on any atom is -0.325 e. The zero-order valence-electron chi connectivity index (χ0n) is 18.9. The van der Waals surface area contributed by atoms with Crippen LogP contribution in [-0.4, -0.2) is 27.4 Å². The molecule has 0 spiro atoms. The van der Waals surface area contributed by atoms with E-state index in [1.54, 1.807) is 24.3 Å². The lowest BCUT2D eigenvalue weighted by atomic mass is 10.1. The number of aryl methyl sites for hydroxylation is 2. The molecule has 166 valence electrons. The minimum absolute atomic E-state index is 0.0386. The second-order valence-corrected chi connectivity index (χ2v) is 8.86. The molecule has 4 rings (SSSR count). The number of anilines is 1. The average molecular weight is 456 g/mol. The molecule has 0 fully saturated rings. The molecule has 0 aliphatic rings. The number of hydrogen-bond acceptors (Lipinski definition) is 5. The van der Waals surface area contributed by atoms with Crippen molar-refractivity contribution < 1.29 is 9.59 Å². The average Bonchev–Trinajstić information content (AvgIpc) is 2.82. The number of fused-ring (bicyclic) bond motifs is 1. The number of Topliss-reactive ketones (excluding diaryl/α,β-unsaturated/α-hetero) is 1. The zero-order chi connectivity index (χ0) is 23.4. The van der Waals surface area contributed by atoms with Crippen molar-refractivity contribution in [3.8, 4) is 11.4 Å². The summed E-state index contributed by atoms with van der Waals surface area (Å²) in [7, 11) is 0. The molecule has 0 aliphatic heterocycles. The molecule has 1 heterocycles. The highest BCUT2D eigenvalue weighted by molar-refractivity contribution is 8.00. The maximum atomic E-state index is 12.7. The van der Waals surface area contributed by atoms with Crippen LogP contribution in [0, 0.1) is 6.92 Å². The van der Waals surface area contributed by atoms with Gasteiger partial charge in [0.2, 0.25) is 5.91 Å². The summed E-state index contributed by atoms with van der Waals surface area (Å²) >= 11 is 1.39. The summed E-state index contributed by atoms with van der Waals surface area (Å²) in [5.74, 6) is 0.645. The van der Waals surface area contributed by atoms with Crippen molar-refractivity contribution >= 4 is 40.0 Å². The summed E-state index contributed by atoms with van der Waals surface area (Å²) in [6.45, 7) is 5.66. The summed E-state index contributed by atoms with van der Waals surface area (Å²) in [4.78, 5) is 33.9. The number of carbonyl (C=O) groups is 2. The Labute approximate surface area is 197 Å². The first-order valence-corrected chi connectivity index (χ1v) is 11.8. The Balaban J connectivity index is 1.62. The van der Waals surface area contributed by atoms with E-state index in [2.05, 4.69) is 30.4 Å². The number of benzene rings is 3. The first kappa shape index (κ1) is 22.7. The van der Waals surface area contributed by atoms with Crippen LogP contribution >= 0.6 is 11.8 Å². The van der Waals surface area contributed by atoms with Gasteiger partial charge in [0, 0.05) is 22.2 Å². The largest absolute Gasteiger partial charge is 0.325 e. The van der Waals surface area contributed by atoms with E-state index in [1.807, 2.05) is 31.2 Å². The predicted molar refractivity (Wildman–Crippen MR) is 135 cm³/mol. The molecule has 0 radical (unpaired) electrons. The fourth-order valence-electron chi connectivity index (χ4n) is 3.54. The molecule has 1 aromatic heterocycles. The molecule has 1 N–H and O–H groups in total. The Morgan fingerprint density at radius 1 is 0.970 bits per heavy atom. The number of hydrogen-bond donors (Lipinski definition) is 1. The van der Waals surface area contributed by atoms with E-state index in [0.29, 0.717) is 17.1 Å². The van der Waals surface area contributed by atoms with Crippen LogP contribution in [0.25, 0.3) is 22.3 Å². The van der Waals surface area contributed by atoms with E-state index >= 15 is 0 Å². The molecule has 0 saturated heterocycles. The number of amides is 1. The van der Waals surface area contributed by atoms with Crippen molar-refractivity contribution in [1.29, 1.82) is 0 Å². The Morgan fingerprint density at radius 3 is 2.55 bits per heavy atom. The third-order valence-electron chi connectivity index (χ3n) is 5.30. The van der Waals surface area contributed by atoms with E-state index in [1.165, 1.54) is 24.2 Å². The summed E-state index contributed by atoms with van der Waals surface area (Å²) in [6.07, 6.45) is 0.909. The van der Waals surface area contributed by atoms with Gasteiger partial charge >= 0.3 is 0 Å². The molecule has 5 nitrogen and oxygen atoms in total. The van der Waals surface area contributed by atoms with E-state index in [0.717, 1.165) is 33.5 Å². The van der Waals surface area contributed by atoms with Crippen molar-refractivity contribution in [2.75, 3.05) is 11.1 Å². The number of carbonyl (C=O) groups excluding carboxylic acids is 2. The molecule has 0 bridgehead atoms. The van der Waals surface area contributed by atoms with Gasteiger partial charge in [-0.15, -0.1) is 0 Å². The van der Waals surface area contributed by atoms with Gasteiger partial charge in [0.15, 0.2) is 11.6 Å². The second-order valence-electron chi connectivity index (χ2n) is 7.90. The fraction of sp³-hybridized carbons (Fsp3) is 0.185. The smallest absolute Gasteiger partial charge is 0.234 e. The van der Waals surface area contributed by atoms with E-state index in [-0.39, 0.29) is 17.4 Å². The van der Waals surface area contributed by atoms with Gasteiger partial charge in [0.05, 0.1) is 11.3 Å². The molecule has 6 heteroatoms. The summed E-state index contributed by atoms with van der Waals surface area (Å²) in [5, 5.41) is 4.60. The van der Waals surface area contributed by atoms with Gasteiger partial charge in [-0.3, -0.25) is 9.59 Å². The first-order valence-electron chi connectivity index (χ1n) is 10.8. The van der Waals surface area contributed by atoms with Crippen molar-refractivity contribution in [1.82, 2.24) is 9.97 Å².